The van der Waals surface area contributed by atoms with Crippen LogP contribution in [0.5, 0.6) is 0 Å². The van der Waals surface area contributed by atoms with E-state index in [4.69, 9.17) is 4.74 Å². The van der Waals surface area contributed by atoms with Crippen LogP contribution < -0.4 is 0 Å². The summed E-state index contributed by atoms with van der Waals surface area (Å²) in [6, 6.07) is 17.8. The molecule has 0 amide bonds. The molecule has 0 saturated heterocycles. The Bertz CT molecular complexity index is 656. The average molecular weight is 264 g/mol. The molecule has 100 valence electrons. The summed E-state index contributed by atoms with van der Waals surface area (Å²) >= 11 is 0. The standard InChI is InChI=1S/C18H16O2/c1-13-10-17(16-9-5-6-14(11-16)12-19)20-18(13)15-7-3-2-4-8-15/h2-9,11-12,17H,10H2,1H3. The first-order valence-corrected chi connectivity index (χ1v) is 6.75. The maximum absolute atomic E-state index is 10.9. The van der Waals surface area contributed by atoms with Gasteiger partial charge in [0.15, 0.2) is 0 Å². The summed E-state index contributed by atoms with van der Waals surface area (Å²) in [5, 5.41) is 0. The van der Waals surface area contributed by atoms with E-state index in [1.54, 1.807) is 0 Å². The fourth-order valence-corrected chi connectivity index (χ4v) is 2.58. The molecule has 1 heterocycles. The second-order valence-electron chi connectivity index (χ2n) is 5.07. The van der Waals surface area contributed by atoms with Gasteiger partial charge in [-0.15, -0.1) is 0 Å². The van der Waals surface area contributed by atoms with Gasteiger partial charge < -0.3 is 4.74 Å². The molecular formula is C18H16O2. The summed E-state index contributed by atoms with van der Waals surface area (Å²) in [5.41, 5.74) is 4.11. The van der Waals surface area contributed by atoms with Crippen molar-refractivity contribution in [2.75, 3.05) is 0 Å². The molecule has 0 radical (unpaired) electrons. The van der Waals surface area contributed by atoms with Crippen LogP contribution in [0.4, 0.5) is 0 Å². The van der Waals surface area contributed by atoms with E-state index in [9.17, 15) is 4.79 Å². The van der Waals surface area contributed by atoms with Gasteiger partial charge in [-0.05, 0) is 24.1 Å². The Balaban J connectivity index is 1.86. The lowest BCUT2D eigenvalue weighted by molar-refractivity contribution is 0.112. The van der Waals surface area contributed by atoms with Crippen LogP contribution in [-0.4, -0.2) is 6.29 Å². The Morgan fingerprint density at radius 3 is 2.65 bits per heavy atom. The van der Waals surface area contributed by atoms with Gasteiger partial charge in [-0.1, -0.05) is 48.5 Å². The van der Waals surface area contributed by atoms with Gasteiger partial charge in [0.2, 0.25) is 0 Å². The van der Waals surface area contributed by atoms with Gasteiger partial charge in [0.25, 0.3) is 0 Å². The van der Waals surface area contributed by atoms with Gasteiger partial charge in [0.1, 0.15) is 18.1 Å². The molecule has 0 fully saturated rings. The van der Waals surface area contributed by atoms with Crippen molar-refractivity contribution in [1.82, 2.24) is 0 Å². The fourth-order valence-electron chi connectivity index (χ4n) is 2.58. The third-order valence-corrected chi connectivity index (χ3v) is 3.59. The number of benzene rings is 2. The van der Waals surface area contributed by atoms with Crippen molar-refractivity contribution in [2.45, 2.75) is 19.4 Å². The second kappa shape index (κ2) is 5.33. The highest BCUT2D eigenvalue weighted by Gasteiger charge is 2.25. The van der Waals surface area contributed by atoms with E-state index in [1.165, 1.54) is 5.57 Å². The minimum Gasteiger partial charge on any atom is -0.485 e. The highest BCUT2D eigenvalue weighted by molar-refractivity contribution is 5.75. The van der Waals surface area contributed by atoms with Crippen LogP contribution >= 0.6 is 0 Å². The molecule has 0 N–H and O–H groups in total. The molecule has 0 bridgehead atoms. The summed E-state index contributed by atoms with van der Waals surface area (Å²) in [7, 11) is 0. The first-order chi connectivity index (χ1) is 9.78. The van der Waals surface area contributed by atoms with Crippen LogP contribution in [0.15, 0.2) is 60.2 Å². The molecule has 1 aliphatic heterocycles. The first kappa shape index (κ1) is 12.7. The molecule has 0 saturated carbocycles. The van der Waals surface area contributed by atoms with Crippen LogP contribution in [0.25, 0.3) is 5.76 Å². The van der Waals surface area contributed by atoms with Gasteiger partial charge in [0.05, 0.1) is 0 Å². The average Bonchev–Trinajstić information content (AvgIpc) is 2.90. The number of carbonyl (C=O) groups excluding carboxylic acids is 1. The fraction of sp³-hybridized carbons (Fsp3) is 0.167. The molecule has 2 heteroatoms. The normalized spacial score (nSPS) is 17.9. The summed E-state index contributed by atoms with van der Waals surface area (Å²) in [5.74, 6) is 0.965. The third kappa shape index (κ3) is 2.37. The smallest absolute Gasteiger partial charge is 0.150 e. The lowest BCUT2D eigenvalue weighted by atomic mass is 10.0. The summed E-state index contributed by atoms with van der Waals surface area (Å²) in [4.78, 5) is 10.9. The summed E-state index contributed by atoms with van der Waals surface area (Å²) in [6.45, 7) is 2.10. The molecule has 0 aliphatic carbocycles. The van der Waals surface area contributed by atoms with Gasteiger partial charge in [0, 0.05) is 17.5 Å². The molecule has 20 heavy (non-hydrogen) atoms. The molecular weight excluding hydrogens is 248 g/mol. The number of hydrogen-bond donors (Lipinski definition) is 0. The molecule has 2 aromatic rings. The molecule has 0 aromatic heterocycles. The number of aldehydes is 1. The summed E-state index contributed by atoms with van der Waals surface area (Å²) < 4.78 is 6.11. The molecule has 0 spiro atoms. The number of hydrogen-bond acceptors (Lipinski definition) is 2. The van der Waals surface area contributed by atoms with Gasteiger partial charge in [-0.3, -0.25) is 4.79 Å². The topological polar surface area (TPSA) is 26.3 Å². The molecule has 3 rings (SSSR count). The van der Waals surface area contributed by atoms with E-state index >= 15 is 0 Å². The number of rotatable bonds is 3. The molecule has 1 atom stereocenters. The predicted octanol–water partition coefficient (Wildman–Crippen LogP) is 4.39. The maximum Gasteiger partial charge on any atom is 0.150 e. The van der Waals surface area contributed by atoms with Crippen molar-refractivity contribution in [3.05, 3.63) is 76.9 Å². The second-order valence-corrected chi connectivity index (χ2v) is 5.07. The van der Waals surface area contributed by atoms with Crippen molar-refractivity contribution in [1.29, 1.82) is 0 Å². The minimum absolute atomic E-state index is 0.00473. The van der Waals surface area contributed by atoms with Crippen LogP contribution in [0, 0.1) is 0 Å². The van der Waals surface area contributed by atoms with Crippen molar-refractivity contribution in [2.24, 2.45) is 0 Å². The first-order valence-electron chi connectivity index (χ1n) is 6.75. The maximum atomic E-state index is 10.9. The van der Waals surface area contributed by atoms with Gasteiger partial charge in [-0.25, -0.2) is 0 Å². The van der Waals surface area contributed by atoms with Gasteiger partial charge in [-0.2, -0.15) is 0 Å². The van der Waals surface area contributed by atoms with E-state index in [0.717, 1.165) is 29.6 Å². The largest absolute Gasteiger partial charge is 0.485 e. The van der Waals surface area contributed by atoms with E-state index in [2.05, 4.69) is 19.1 Å². The van der Waals surface area contributed by atoms with Crippen LogP contribution in [0.1, 0.15) is 40.9 Å². The SMILES string of the molecule is CC1=C(c2ccccc2)OC(c2cccc(C=O)c2)C1. The minimum atomic E-state index is 0.00473. The van der Waals surface area contributed by atoms with Crippen molar-refractivity contribution in [3.8, 4) is 0 Å². The van der Waals surface area contributed by atoms with E-state index < -0.39 is 0 Å². The zero-order chi connectivity index (χ0) is 13.9. The quantitative estimate of drug-likeness (QED) is 0.768. The van der Waals surface area contributed by atoms with Crippen molar-refractivity contribution >= 4 is 12.0 Å². The Labute approximate surface area is 118 Å². The van der Waals surface area contributed by atoms with Crippen LogP contribution in [0.2, 0.25) is 0 Å². The molecule has 1 aliphatic rings. The van der Waals surface area contributed by atoms with E-state index in [0.29, 0.717) is 5.56 Å². The van der Waals surface area contributed by atoms with Crippen LogP contribution in [0.3, 0.4) is 0 Å². The Hall–Kier alpha value is -2.35. The highest BCUT2D eigenvalue weighted by atomic mass is 16.5. The van der Waals surface area contributed by atoms with Crippen molar-refractivity contribution in [3.63, 3.8) is 0 Å². The highest BCUT2D eigenvalue weighted by Crippen LogP contribution is 2.40. The zero-order valence-corrected chi connectivity index (χ0v) is 11.4. The molecule has 2 nitrogen and oxygen atoms in total. The van der Waals surface area contributed by atoms with Crippen molar-refractivity contribution < 1.29 is 9.53 Å². The third-order valence-electron chi connectivity index (χ3n) is 3.59. The Kier molecular flexibility index (Phi) is 3.38. The van der Waals surface area contributed by atoms with Crippen LogP contribution in [-0.2, 0) is 4.74 Å². The number of ether oxygens (including phenoxy) is 1. The zero-order valence-electron chi connectivity index (χ0n) is 11.4. The van der Waals surface area contributed by atoms with E-state index in [-0.39, 0.29) is 6.10 Å². The molecule has 2 aromatic carbocycles. The monoisotopic (exact) mass is 264 g/mol. The Morgan fingerprint density at radius 2 is 1.90 bits per heavy atom. The summed E-state index contributed by atoms with van der Waals surface area (Å²) in [6.07, 6.45) is 1.74. The lowest BCUT2D eigenvalue weighted by Gasteiger charge is -2.14. The predicted molar refractivity (Wildman–Crippen MR) is 79.3 cm³/mol. The van der Waals surface area contributed by atoms with E-state index in [1.807, 2.05) is 42.5 Å². The Morgan fingerprint density at radius 1 is 1.10 bits per heavy atom. The molecule has 1 unspecified atom stereocenters. The lowest BCUT2D eigenvalue weighted by Crippen LogP contribution is -1.98. The van der Waals surface area contributed by atoms with Gasteiger partial charge >= 0.3 is 0 Å². The number of carbonyl (C=O) groups is 1.